The highest BCUT2D eigenvalue weighted by atomic mass is 35.5. The van der Waals surface area contributed by atoms with Gasteiger partial charge in [-0.05, 0) is 79.9 Å². The van der Waals surface area contributed by atoms with Gasteiger partial charge in [0.15, 0.2) is 0 Å². The highest BCUT2D eigenvalue weighted by Gasteiger charge is 2.41. The highest BCUT2D eigenvalue weighted by molar-refractivity contribution is 8.04. The lowest BCUT2D eigenvalue weighted by Crippen LogP contribution is -2.33. The maximum atomic E-state index is 13.7. The summed E-state index contributed by atoms with van der Waals surface area (Å²) >= 11 is 7.19. The van der Waals surface area contributed by atoms with Gasteiger partial charge in [0, 0.05) is 15.6 Å². The average Bonchev–Trinajstić information content (AvgIpc) is 3.07. The molecule has 0 fully saturated rings. The number of rotatable bonds is 8. The lowest BCUT2D eigenvalue weighted by Gasteiger charge is -2.18. The van der Waals surface area contributed by atoms with Crippen LogP contribution in [-0.2, 0) is 14.3 Å². The van der Waals surface area contributed by atoms with Crippen molar-refractivity contribution in [1.29, 1.82) is 0 Å². The number of imide groups is 1. The first-order valence-corrected chi connectivity index (χ1v) is 12.7. The van der Waals surface area contributed by atoms with Gasteiger partial charge in [0.2, 0.25) is 0 Å². The molecule has 0 aromatic heterocycles. The van der Waals surface area contributed by atoms with E-state index in [1.54, 1.807) is 48.5 Å². The zero-order chi connectivity index (χ0) is 25.8. The van der Waals surface area contributed by atoms with Crippen molar-refractivity contribution in [1.82, 2.24) is 0 Å². The molecule has 1 aliphatic rings. The number of hydrogen-bond acceptors (Lipinski definition) is 6. The third kappa shape index (κ3) is 5.48. The van der Waals surface area contributed by atoms with Gasteiger partial charge >= 0.3 is 5.97 Å². The van der Waals surface area contributed by atoms with Crippen LogP contribution in [0, 0.1) is 13.8 Å². The van der Waals surface area contributed by atoms with Crippen LogP contribution in [0.3, 0.4) is 0 Å². The van der Waals surface area contributed by atoms with Gasteiger partial charge in [0.1, 0.15) is 10.6 Å². The maximum Gasteiger partial charge on any atom is 0.340 e. The quantitative estimate of drug-likeness (QED) is 0.269. The summed E-state index contributed by atoms with van der Waals surface area (Å²) in [6.07, 6.45) is 0.656. The Hall–Kier alpha value is -3.55. The highest BCUT2D eigenvalue weighted by Crippen LogP contribution is 2.39. The van der Waals surface area contributed by atoms with Gasteiger partial charge in [-0.25, -0.2) is 9.69 Å². The molecule has 0 unspecified atom stereocenters. The molecule has 0 saturated heterocycles. The van der Waals surface area contributed by atoms with Crippen molar-refractivity contribution < 1.29 is 19.1 Å². The van der Waals surface area contributed by atoms with Crippen molar-refractivity contribution >= 4 is 52.5 Å². The summed E-state index contributed by atoms with van der Waals surface area (Å²) in [5.74, 6) is -1.66. The number of halogens is 1. The number of para-hydroxylation sites is 1. The first-order chi connectivity index (χ1) is 17.3. The summed E-state index contributed by atoms with van der Waals surface area (Å²) in [4.78, 5) is 42.2. The van der Waals surface area contributed by atoms with E-state index in [4.69, 9.17) is 16.3 Å². The Balaban J connectivity index is 1.77. The van der Waals surface area contributed by atoms with E-state index < -0.39 is 17.8 Å². The third-order valence-electron chi connectivity index (χ3n) is 5.37. The summed E-state index contributed by atoms with van der Waals surface area (Å²) in [7, 11) is 0. The van der Waals surface area contributed by atoms with Gasteiger partial charge in [0.05, 0.1) is 17.9 Å². The van der Waals surface area contributed by atoms with Crippen LogP contribution in [0.2, 0.25) is 5.02 Å². The Kier molecular flexibility index (Phi) is 7.82. The number of benzene rings is 3. The summed E-state index contributed by atoms with van der Waals surface area (Å²) in [5, 5.41) is 3.74. The second-order valence-corrected chi connectivity index (χ2v) is 9.88. The van der Waals surface area contributed by atoms with Crippen LogP contribution in [0.4, 0.5) is 11.4 Å². The third-order valence-corrected chi connectivity index (χ3v) is 6.71. The molecule has 1 aliphatic heterocycles. The molecule has 0 saturated carbocycles. The van der Waals surface area contributed by atoms with E-state index >= 15 is 0 Å². The van der Waals surface area contributed by atoms with E-state index in [0.29, 0.717) is 17.1 Å². The minimum Gasteiger partial charge on any atom is -0.462 e. The Morgan fingerprint density at radius 1 is 0.972 bits per heavy atom. The maximum absolute atomic E-state index is 13.7. The molecule has 1 N–H and O–H groups in total. The molecule has 0 atom stereocenters. The number of thioether (sulfide) groups is 1. The van der Waals surface area contributed by atoms with E-state index in [-0.39, 0.29) is 28.5 Å². The largest absolute Gasteiger partial charge is 0.462 e. The molecule has 8 heteroatoms. The van der Waals surface area contributed by atoms with Crippen molar-refractivity contribution in [2.75, 3.05) is 16.8 Å². The molecule has 0 radical (unpaired) electrons. The number of nitrogens with one attached hydrogen (secondary N) is 1. The first-order valence-electron chi connectivity index (χ1n) is 11.5. The molecular weight excluding hydrogens is 496 g/mol. The minimum atomic E-state index is -0.587. The van der Waals surface area contributed by atoms with Crippen molar-refractivity contribution in [2.24, 2.45) is 0 Å². The molecular formula is C28H25ClN2O4S. The molecule has 0 spiro atoms. The van der Waals surface area contributed by atoms with Crippen LogP contribution < -0.4 is 10.2 Å². The summed E-state index contributed by atoms with van der Waals surface area (Å²) in [6, 6.07) is 19.3. The van der Waals surface area contributed by atoms with E-state index in [2.05, 4.69) is 5.32 Å². The van der Waals surface area contributed by atoms with Crippen molar-refractivity contribution in [3.8, 4) is 0 Å². The predicted molar refractivity (Wildman–Crippen MR) is 143 cm³/mol. The number of carbonyl (C=O) groups is 3. The van der Waals surface area contributed by atoms with Gasteiger partial charge in [-0.2, -0.15) is 0 Å². The summed E-state index contributed by atoms with van der Waals surface area (Å²) < 4.78 is 5.30. The molecule has 0 bridgehead atoms. The zero-order valence-corrected chi connectivity index (χ0v) is 21.7. The molecule has 3 aromatic rings. The molecule has 4 rings (SSSR count). The van der Waals surface area contributed by atoms with E-state index in [9.17, 15) is 14.4 Å². The van der Waals surface area contributed by atoms with Crippen LogP contribution in [0.15, 0.2) is 82.2 Å². The van der Waals surface area contributed by atoms with Gasteiger partial charge < -0.3 is 10.1 Å². The molecule has 1 heterocycles. The first kappa shape index (κ1) is 25.5. The van der Waals surface area contributed by atoms with Crippen LogP contribution in [-0.4, -0.2) is 24.4 Å². The predicted octanol–water partition coefficient (Wildman–Crippen LogP) is 6.51. The van der Waals surface area contributed by atoms with Crippen molar-refractivity contribution in [2.45, 2.75) is 32.1 Å². The molecule has 0 aliphatic carbocycles. The number of hydrogen-bond donors (Lipinski definition) is 1. The SMILES string of the molecule is CCCOC(=O)c1ccccc1N1C(=O)C(Nc2cc(C)cc(C)c2)=C(Sc2ccc(Cl)cc2)C1=O. The number of anilines is 2. The lowest BCUT2D eigenvalue weighted by molar-refractivity contribution is -0.120. The smallest absolute Gasteiger partial charge is 0.340 e. The second kappa shape index (κ2) is 11.0. The van der Waals surface area contributed by atoms with Crippen LogP contribution in [0.5, 0.6) is 0 Å². The number of carbonyl (C=O) groups excluding carboxylic acids is 3. The second-order valence-electron chi connectivity index (χ2n) is 8.36. The average molecular weight is 521 g/mol. The molecule has 2 amide bonds. The normalized spacial score (nSPS) is 13.4. The fraction of sp³-hybridized carbons (Fsp3) is 0.179. The summed E-state index contributed by atoms with van der Waals surface area (Å²) in [6.45, 7) is 6.05. The van der Waals surface area contributed by atoms with Crippen molar-refractivity contribution in [3.63, 3.8) is 0 Å². The molecule has 3 aromatic carbocycles. The lowest BCUT2D eigenvalue weighted by atomic mass is 10.1. The van der Waals surface area contributed by atoms with Gasteiger partial charge in [-0.15, -0.1) is 0 Å². The molecule has 184 valence electrons. The topological polar surface area (TPSA) is 75.7 Å². The Morgan fingerprint density at radius 2 is 1.64 bits per heavy atom. The number of esters is 1. The van der Waals surface area contributed by atoms with Gasteiger partial charge in [-0.3, -0.25) is 9.59 Å². The van der Waals surface area contributed by atoms with Crippen molar-refractivity contribution in [3.05, 3.63) is 99.0 Å². The monoisotopic (exact) mass is 520 g/mol. The van der Waals surface area contributed by atoms with Gasteiger partial charge in [-0.1, -0.05) is 48.5 Å². The Morgan fingerprint density at radius 3 is 2.31 bits per heavy atom. The van der Waals surface area contributed by atoms with Crippen LogP contribution in [0.25, 0.3) is 0 Å². The fourth-order valence-electron chi connectivity index (χ4n) is 3.86. The minimum absolute atomic E-state index is 0.140. The number of amides is 2. The number of ether oxygens (including phenoxy) is 1. The van der Waals surface area contributed by atoms with Gasteiger partial charge in [0.25, 0.3) is 11.8 Å². The van der Waals surface area contributed by atoms with E-state index in [1.807, 2.05) is 39.0 Å². The zero-order valence-electron chi connectivity index (χ0n) is 20.1. The van der Waals surface area contributed by atoms with E-state index in [1.165, 1.54) is 0 Å². The number of aryl methyl sites for hydroxylation is 2. The Bertz CT molecular complexity index is 1350. The van der Waals surface area contributed by atoms with Crippen LogP contribution in [0.1, 0.15) is 34.8 Å². The number of nitrogens with zero attached hydrogens (tertiary/aromatic N) is 1. The standard InChI is InChI=1S/C28H25ClN2O4S/c1-4-13-35-28(34)22-7-5-6-8-23(22)31-26(32)24(30-20-15-17(2)14-18(3)16-20)25(27(31)33)36-21-11-9-19(29)10-12-21/h5-12,14-16,30H,4,13H2,1-3H3. The van der Waals surface area contributed by atoms with E-state index in [0.717, 1.165) is 32.7 Å². The van der Waals surface area contributed by atoms with Crippen LogP contribution >= 0.6 is 23.4 Å². The molecule has 36 heavy (non-hydrogen) atoms. The molecule has 6 nitrogen and oxygen atoms in total. The summed E-state index contributed by atoms with van der Waals surface area (Å²) in [5.41, 5.74) is 3.19. The fourth-order valence-corrected chi connectivity index (χ4v) is 4.91. The Labute approximate surface area is 219 Å².